The molecule has 104 valence electrons. The van der Waals surface area contributed by atoms with Gasteiger partial charge in [0.05, 0.1) is 0 Å². The summed E-state index contributed by atoms with van der Waals surface area (Å²) in [6.07, 6.45) is 2.35. The lowest BCUT2D eigenvalue weighted by Crippen LogP contribution is -1.98. The molecule has 2 heteroatoms. The van der Waals surface area contributed by atoms with Crippen LogP contribution in [0.2, 0.25) is 0 Å². The third-order valence-electron chi connectivity index (χ3n) is 3.97. The highest BCUT2D eigenvalue weighted by Gasteiger charge is 2.10. The molecule has 0 saturated heterocycles. The third kappa shape index (κ3) is 2.33. The molecule has 1 nitrogen and oxygen atoms in total. The van der Waals surface area contributed by atoms with Gasteiger partial charge in [-0.25, -0.2) is 0 Å². The van der Waals surface area contributed by atoms with Crippen LogP contribution in [0.1, 0.15) is 24.0 Å². The van der Waals surface area contributed by atoms with Crippen LogP contribution in [0, 0.1) is 13.8 Å². The molecular weight excluding hydrogens is 262 g/mol. The zero-order valence-electron chi connectivity index (χ0n) is 12.2. The van der Waals surface area contributed by atoms with Crippen LogP contribution in [0.5, 0.6) is 0 Å². The van der Waals surface area contributed by atoms with Crippen molar-refractivity contribution in [3.8, 4) is 0 Å². The molecule has 0 saturated carbocycles. The minimum absolute atomic E-state index is 0.968. The zero-order valence-corrected chi connectivity index (χ0v) is 13.1. The van der Waals surface area contributed by atoms with E-state index in [-0.39, 0.29) is 0 Å². The highest BCUT2D eigenvalue weighted by molar-refractivity contribution is 7.80. The first-order chi connectivity index (χ1) is 9.70. The van der Waals surface area contributed by atoms with Crippen molar-refractivity contribution in [1.82, 2.24) is 4.57 Å². The fraction of sp³-hybridized carbons (Fsp3) is 0.333. The summed E-state index contributed by atoms with van der Waals surface area (Å²) in [5, 5.41) is 2.77. The molecule has 0 fully saturated rings. The maximum absolute atomic E-state index is 4.32. The van der Waals surface area contributed by atoms with E-state index in [1.165, 1.54) is 45.8 Å². The lowest BCUT2D eigenvalue weighted by Gasteiger charge is -2.07. The fourth-order valence-corrected chi connectivity index (χ4v) is 3.18. The van der Waals surface area contributed by atoms with Gasteiger partial charge in [0.1, 0.15) is 0 Å². The summed E-state index contributed by atoms with van der Waals surface area (Å²) < 4.78 is 2.47. The summed E-state index contributed by atoms with van der Waals surface area (Å²) in [4.78, 5) is 0. The molecule has 1 heterocycles. The molecule has 0 radical (unpaired) electrons. The molecule has 0 atom stereocenters. The van der Waals surface area contributed by atoms with Gasteiger partial charge in [0.2, 0.25) is 0 Å². The molecule has 20 heavy (non-hydrogen) atoms. The van der Waals surface area contributed by atoms with Gasteiger partial charge >= 0.3 is 0 Å². The quantitative estimate of drug-likeness (QED) is 0.501. The first kappa shape index (κ1) is 13.6. The Morgan fingerprint density at radius 1 is 0.850 bits per heavy atom. The Bertz CT molecular complexity index is 696. The number of benzene rings is 2. The molecule has 3 aromatic rings. The number of rotatable bonds is 4. The van der Waals surface area contributed by atoms with Crippen molar-refractivity contribution in [3.63, 3.8) is 0 Å². The lowest BCUT2D eigenvalue weighted by atomic mass is 10.1. The van der Waals surface area contributed by atoms with Gasteiger partial charge in [0.25, 0.3) is 0 Å². The first-order valence-corrected chi connectivity index (χ1v) is 7.94. The van der Waals surface area contributed by atoms with Gasteiger partial charge in [-0.15, -0.1) is 0 Å². The Morgan fingerprint density at radius 3 is 1.90 bits per heavy atom. The molecule has 0 bridgehead atoms. The molecule has 2 aromatic carbocycles. The topological polar surface area (TPSA) is 4.93 Å². The van der Waals surface area contributed by atoms with E-state index in [1.807, 2.05) is 0 Å². The molecule has 0 aliphatic heterocycles. The van der Waals surface area contributed by atoms with Crippen molar-refractivity contribution < 1.29 is 0 Å². The predicted octanol–water partition coefficient (Wildman–Crippen LogP) is 5.12. The van der Waals surface area contributed by atoms with Crippen molar-refractivity contribution >= 4 is 34.4 Å². The highest BCUT2D eigenvalue weighted by atomic mass is 32.1. The van der Waals surface area contributed by atoms with Crippen LogP contribution in [-0.2, 0) is 6.54 Å². The van der Waals surface area contributed by atoms with Crippen LogP contribution in [0.25, 0.3) is 21.8 Å². The van der Waals surface area contributed by atoms with Crippen molar-refractivity contribution in [3.05, 3.63) is 47.5 Å². The second-order valence-electron chi connectivity index (χ2n) is 5.62. The first-order valence-electron chi connectivity index (χ1n) is 7.31. The van der Waals surface area contributed by atoms with E-state index in [0.29, 0.717) is 0 Å². The summed E-state index contributed by atoms with van der Waals surface area (Å²) in [6, 6.07) is 13.6. The summed E-state index contributed by atoms with van der Waals surface area (Å²) in [5.74, 6) is 0.968. The van der Waals surface area contributed by atoms with Crippen molar-refractivity contribution in [2.45, 2.75) is 33.2 Å². The Balaban J connectivity index is 2.23. The number of hydrogen-bond donors (Lipinski definition) is 1. The molecule has 0 amide bonds. The molecule has 0 aliphatic carbocycles. The molecule has 3 rings (SSSR count). The van der Waals surface area contributed by atoms with Crippen LogP contribution in [0.15, 0.2) is 36.4 Å². The molecule has 1 aromatic heterocycles. The molecule has 0 aliphatic rings. The highest BCUT2D eigenvalue weighted by Crippen LogP contribution is 2.30. The monoisotopic (exact) mass is 283 g/mol. The van der Waals surface area contributed by atoms with E-state index < -0.39 is 0 Å². The maximum atomic E-state index is 4.32. The second-order valence-corrected chi connectivity index (χ2v) is 6.07. The van der Waals surface area contributed by atoms with E-state index in [4.69, 9.17) is 0 Å². The average molecular weight is 283 g/mol. The van der Waals surface area contributed by atoms with Crippen LogP contribution < -0.4 is 0 Å². The summed E-state index contributed by atoms with van der Waals surface area (Å²) in [5.41, 5.74) is 5.37. The van der Waals surface area contributed by atoms with E-state index in [0.717, 1.165) is 12.3 Å². The normalized spacial score (nSPS) is 11.6. The SMILES string of the molecule is Cc1ccc2c(c1)c1cc(C)ccc1n2CCCCS. The summed E-state index contributed by atoms with van der Waals surface area (Å²) >= 11 is 4.32. The van der Waals surface area contributed by atoms with Gasteiger partial charge in [-0.3, -0.25) is 0 Å². The van der Waals surface area contributed by atoms with E-state index >= 15 is 0 Å². The standard InChI is InChI=1S/C18H21NS/c1-13-5-7-17-15(11-13)16-12-14(2)6-8-18(16)19(17)9-3-4-10-20/h5-8,11-12,20H,3-4,9-10H2,1-2H3. The van der Waals surface area contributed by atoms with Crippen molar-refractivity contribution in [2.75, 3.05) is 5.75 Å². The van der Waals surface area contributed by atoms with E-state index in [2.05, 4.69) is 67.4 Å². The molecule has 0 spiro atoms. The number of thiol groups is 1. The van der Waals surface area contributed by atoms with Gasteiger partial charge in [0.15, 0.2) is 0 Å². The van der Waals surface area contributed by atoms with Crippen molar-refractivity contribution in [2.24, 2.45) is 0 Å². The lowest BCUT2D eigenvalue weighted by molar-refractivity contribution is 0.669. The van der Waals surface area contributed by atoms with Gasteiger partial charge in [-0.1, -0.05) is 23.3 Å². The van der Waals surface area contributed by atoms with Gasteiger partial charge in [0, 0.05) is 28.4 Å². The number of unbranched alkanes of at least 4 members (excludes halogenated alkanes) is 1. The van der Waals surface area contributed by atoms with E-state index in [1.54, 1.807) is 0 Å². The molecule has 0 N–H and O–H groups in total. The second kappa shape index (κ2) is 5.53. The molecular formula is C18H21NS. The number of aromatic nitrogens is 1. The predicted molar refractivity (Wildman–Crippen MR) is 92.0 cm³/mol. The minimum Gasteiger partial charge on any atom is -0.340 e. The van der Waals surface area contributed by atoms with E-state index in [9.17, 15) is 0 Å². The third-order valence-corrected chi connectivity index (χ3v) is 4.28. The number of hydrogen-bond acceptors (Lipinski definition) is 1. The Hall–Kier alpha value is -1.41. The fourth-order valence-electron chi connectivity index (χ4n) is 2.95. The number of aryl methyl sites for hydroxylation is 3. The van der Waals surface area contributed by atoms with Gasteiger partial charge in [-0.05, 0) is 56.7 Å². The Labute approximate surface area is 126 Å². The van der Waals surface area contributed by atoms with Crippen LogP contribution in [0.4, 0.5) is 0 Å². The summed E-state index contributed by atoms with van der Waals surface area (Å²) in [7, 11) is 0. The molecule has 0 unspecified atom stereocenters. The van der Waals surface area contributed by atoms with Gasteiger partial charge in [-0.2, -0.15) is 12.6 Å². The number of nitrogens with zero attached hydrogens (tertiary/aromatic N) is 1. The average Bonchev–Trinajstić information content (AvgIpc) is 2.72. The van der Waals surface area contributed by atoms with Crippen molar-refractivity contribution in [1.29, 1.82) is 0 Å². The zero-order chi connectivity index (χ0) is 14.1. The minimum atomic E-state index is 0.968. The van der Waals surface area contributed by atoms with Crippen LogP contribution in [0.3, 0.4) is 0 Å². The van der Waals surface area contributed by atoms with Crippen LogP contribution >= 0.6 is 12.6 Å². The smallest absolute Gasteiger partial charge is 0.0491 e. The Morgan fingerprint density at radius 2 is 1.40 bits per heavy atom. The summed E-state index contributed by atoms with van der Waals surface area (Å²) in [6.45, 7) is 5.41. The maximum Gasteiger partial charge on any atom is 0.0491 e. The number of fused-ring (bicyclic) bond motifs is 3. The van der Waals surface area contributed by atoms with Crippen LogP contribution in [-0.4, -0.2) is 10.3 Å². The van der Waals surface area contributed by atoms with Gasteiger partial charge < -0.3 is 4.57 Å². The largest absolute Gasteiger partial charge is 0.340 e. The Kier molecular flexibility index (Phi) is 3.75.